The second kappa shape index (κ2) is 8.84. The number of nitrogens with two attached hydrogens (primary N) is 1. The van der Waals surface area contributed by atoms with Crippen LogP contribution in [0.15, 0.2) is 42.6 Å². The van der Waals surface area contributed by atoms with E-state index in [9.17, 15) is 23.5 Å². The number of carbonyl (C=O) groups excluding carboxylic acids is 2. The van der Waals surface area contributed by atoms with Crippen LogP contribution in [-0.2, 0) is 4.79 Å². The van der Waals surface area contributed by atoms with Crippen LogP contribution in [0, 0.1) is 18.6 Å². The minimum Gasteiger partial charge on any atom is -0.382 e. The van der Waals surface area contributed by atoms with Crippen molar-refractivity contribution in [3.05, 3.63) is 71.1 Å². The first-order valence-corrected chi connectivity index (χ1v) is 9.10. The minimum absolute atomic E-state index is 0.00703. The van der Waals surface area contributed by atoms with Crippen molar-refractivity contribution in [3.8, 4) is 11.3 Å². The van der Waals surface area contributed by atoms with E-state index in [-0.39, 0.29) is 17.1 Å². The van der Waals surface area contributed by atoms with E-state index in [4.69, 9.17) is 5.73 Å². The molecule has 3 rings (SSSR count). The Bertz CT molecular complexity index is 1150. The highest BCUT2D eigenvalue weighted by Crippen LogP contribution is 2.26. The Morgan fingerprint density at radius 2 is 1.81 bits per heavy atom. The third-order valence-electron chi connectivity index (χ3n) is 4.46. The SMILES string of the molecule is CNC(=O)c1nc(-c2ccc(NC(=O)[C@@H](O)c3cc(F)cc(F)c3)cc2C)cnc1N. The number of anilines is 2. The van der Waals surface area contributed by atoms with Gasteiger partial charge in [0, 0.05) is 24.4 Å². The molecule has 0 bridgehead atoms. The smallest absolute Gasteiger partial charge is 0.273 e. The maximum atomic E-state index is 13.3. The van der Waals surface area contributed by atoms with Crippen molar-refractivity contribution in [2.45, 2.75) is 13.0 Å². The largest absolute Gasteiger partial charge is 0.382 e. The average Bonchev–Trinajstić information content (AvgIpc) is 2.72. The Kier molecular flexibility index (Phi) is 6.21. The zero-order valence-corrected chi connectivity index (χ0v) is 16.6. The maximum absolute atomic E-state index is 13.3. The van der Waals surface area contributed by atoms with Gasteiger partial charge in [-0.2, -0.15) is 0 Å². The van der Waals surface area contributed by atoms with Crippen molar-refractivity contribution < 1.29 is 23.5 Å². The van der Waals surface area contributed by atoms with Gasteiger partial charge in [-0.25, -0.2) is 18.7 Å². The summed E-state index contributed by atoms with van der Waals surface area (Å²) in [4.78, 5) is 32.4. The number of rotatable bonds is 5. The number of nitrogens with one attached hydrogen (secondary N) is 2. The van der Waals surface area contributed by atoms with E-state index in [1.54, 1.807) is 25.1 Å². The Morgan fingerprint density at radius 3 is 2.42 bits per heavy atom. The van der Waals surface area contributed by atoms with Gasteiger partial charge in [0.15, 0.2) is 17.6 Å². The quantitative estimate of drug-likeness (QED) is 0.495. The first-order chi connectivity index (χ1) is 14.7. The number of aliphatic hydroxyl groups is 1. The van der Waals surface area contributed by atoms with Crippen LogP contribution in [0.4, 0.5) is 20.3 Å². The second-order valence-electron chi connectivity index (χ2n) is 6.69. The molecule has 0 spiro atoms. The Hall–Kier alpha value is -3.92. The summed E-state index contributed by atoms with van der Waals surface area (Å²) in [6.45, 7) is 1.75. The predicted octanol–water partition coefficient (Wildman–Crippen LogP) is 2.34. The topological polar surface area (TPSA) is 130 Å². The number of aryl methyl sites for hydroxylation is 1. The number of aromatic nitrogens is 2. The second-order valence-corrected chi connectivity index (χ2v) is 6.69. The molecule has 8 nitrogen and oxygen atoms in total. The van der Waals surface area contributed by atoms with Gasteiger partial charge in [-0.3, -0.25) is 9.59 Å². The van der Waals surface area contributed by atoms with E-state index >= 15 is 0 Å². The van der Waals surface area contributed by atoms with Crippen LogP contribution >= 0.6 is 0 Å². The van der Waals surface area contributed by atoms with E-state index in [1.807, 2.05) is 0 Å². The van der Waals surface area contributed by atoms with Crippen LogP contribution < -0.4 is 16.4 Å². The lowest BCUT2D eigenvalue weighted by Gasteiger charge is -2.14. The molecule has 0 aliphatic carbocycles. The highest BCUT2D eigenvalue weighted by atomic mass is 19.1. The van der Waals surface area contributed by atoms with Gasteiger partial charge in [0.2, 0.25) is 0 Å². The summed E-state index contributed by atoms with van der Waals surface area (Å²) in [5.41, 5.74) is 7.56. The average molecular weight is 427 g/mol. The van der Waals surface area contributed by atoms with Crippen molar-refractivity contribution in [1.29, 1.82) is 0 Å². The van der Waals surface area contributed by atoms with Crippen LogP contribution in [0.25, 0.3) is 11.3 Å². The van der Waals surface area contributed by atoms with E-state index in [1.165, 1.54) is 13.2 Å². The molecule has 160 valence electrons. The lowest BCUT2D eigenvalue weighted by Crippen LogP contribution is -2.22. The van der Waals surface area contributed by atoms with Crippen molar-refractivity contribution in [3.63, 3.8) is 0 Å². The molecular formula is C21H19F2N5O3. The Labute approximate surface area is 176 Å². The number of nitrogen functional groups attached to an aromatic ring is 1. The van der Waals surface area contributed by atoms with E-state index < -0.39 is 29.6 Å². The molecule has 0 aliphatic rings. The molecule has 0 saturated heterocycles. The van der Waals surface area contributed by atoms with Gasteiger partial charge >= 0.3 is 0 Å². The Morgan fingerprint density at radius 1 is 1.13 bits per heavy atom. The fourth-order valence-corrected chi connectivity index (χ4v) is 2.94. The van der Waals surface area contributed by atoms with Gasteiger partial charge < -0.3 is 21.5 Å². The predicted molar refractivity (Wildman–Crippen MR) is 110 cm³/mol. The molecule has 0 fully saturated rings. The summed E-state index contributed by atoms with van der Waals surface area (Å²) in [6.07, 6.45) is -0.340. The van der Waals surface area contributed by atoms with Gasteiger partial charge in [0.1, 0.15) is 11.6 Å². The summed E-state index contributed by atoms with van der Waals surface area (Å²) in [5.74, 6) is -3.14. The highest BCUT2D eigenvalue weighted by Gasteiger charge is 2.20. The number of nitrogens with zero attached hydrogens (tertiary/aromatic N) is 2. The highest BCUT2D eigenvalue weighted by molar-refractivity contribution is 5.97. The Balaban J connectivity index is 1.82. The number of hydrogen-bond acceptors (Lipinski definition) is 6. The molecule has 1 heterocycles. The van der Waals surface area contributed by atoms with Crippen LogP contribution in [-0.4, -0.2) is 33.9 Å². The standard InChI is InChI=1S/C21H19F2N5O3/c1-10-5-14(27-21(31)18(29)11-6-12(22)8-13(23)7-11)3-4-15(10)16-9-26-19(24)17(28-16)20(30)25-2/h3-9,18,29H,1-2H3,(H2,24,26)(H,25,30)(H,27,31)/t18-/m0/s1. The first kappa shape index (κ1) is 21.8. The summed E-state index contributed by atoms with van der Waals surface area (Å²) in [6, 6.07) is 7.22. The zero-order valence-electron chi connectivity index (χ0n) is 16.6. The molecule has 2 aromatic carbocycles. The molecule has 0 unspecified atom stereocenters. The first-order valence-electron chi connectivity index (χ1n) is 9.10. The van der Waals surface area contributed by atoms with E-state index in [0.717, 1.165) is 12.1 Å². The lowest BCUT2D eigenvalue weighted by molar-refractivity contribution is -0.124. The van der Waals surface area contributed by atoms with Crippen LogP contribution in [0.1, 0.15) is 27.7 Å². The van der Waals surface area contributed by atoms with E-state index in [0.29, 0.717) is 28.6 Å². The van der Waals surface area contributed by atoms with Crippen molar-refractivity contribution in [2.24, 2.45) is 0 Å². The molecule has 31 heavy (non-hydrogen) atoms. The molecule has 3 aromatic rings. The molecule has 10 heteroatoms. The van der Waals surface area contributed by atoms with Gasteiger partial charge in [-0.05, 0) is 42.3 Å². The summed E-state index contributed by atoms with van der Waals surface area (Å²) < 4.78 is 26.7. The molecule has 1 aromatic heterocycles. The fourth-order valence-electron chi connectivity index (χ4n) is 2.94. The third kappa shape index (κ3) is 4.81. The number of carbonyl (C=O) groups is 2. The van der Waals surface area contributed by atoms with Crippen LogP contribution in [0.3, 0.4) is 0 Å². The third-order valence-corrected chi connectivity index (χ3v) is 4.46. The van der Waals surface area contributed by atoms with E-state index in [2.05, 4.69) is 20.6 Å². The molecule has 5 N–H and O–H groups in total. The minimum atomic E-state index is -1.76. The van der Waals surface area contributed by atoms with Crippen molar-refractivity contribution in [1.82, 2.24) is 15.3 Å². The molecular weight excluding hydrogens is 408 g/mol. The van der Waals surface area contributed by atoms with Gasteiger partial charge in [-0.15, -0.1) is 0 Å². The van der Waals surface area contributed by atoms with Gasteiger partial charge in [-0.1, -0.05) is 6.07 Å². The summed E-state index contributed by atoms with van der Waals surface area (Å²) in [7, 11) is 1.45. The van der Waals surface area contributed by atoms with Crippen LogP contribution in [0.2, 0.25) is 0 Å². The molecule has 0 aliphatic heterocycles. The van der Waals surface area contributed by atoms with Gasteiger partial charge in [0.05, 0.1) is 11.9 Å². The maximum Gasteiger partial charge on any atom is 0.273 e. The monoisotopic (exact) mass is 427 g/mol. The molecule has 0 saturated carbocycles. The lowest BCUT2D eigenvalue weighted by atomic mass is 10.0. The number of halogens is 2. The van der Waals surface area contributed by atoms with Crippen molar-refractivity contribution in [2.75, 3.05) is 18.1 Å². The summed E-state index contributed by atoms with van der Waals surface area (Å²) >= 11 is 0. The number of hydrogen-bond donors (Lipinski definition) is 4. The van der Waals surface area contributed by atoms with Crippen molar-refractivity contribution >= 4 is 23.3 Å². The normalized spacial score (nSPS) is 11.6. The number of aliphatic hydroxyl groups excluding tert-OH is 1. The summed E-state index contributed by atoms with van der Waals surface area (Å²) in [5, 5.41) is 15.0. The van der Waals surface area contributed by atoms with Gasteiger partial charge in [0.25, 0.3) is 11.8 Å². The number of amides is 2. The molecule has 0 radical (unpaired) electrons. The van der Waals surface area contributed by atoms with Crippen LogP contribution in [0.5, 0.6) is 0 Å². The molecule has 1 atom stereocenters. The molecule has 2 amide bonds. The number of benzene rings is 2. The fraction of sp³-hybridized carbons (Fsp3) is 0.143. The zero-order chi connectivity index (χ0) is 22.7.